The number of nitrogens with zero attached hydrogens (tertiary/aromatic N) is 3. The molecule has 1 aromatic rings. The summed E-state index contributed by atoms with van der Waals surface area (Å²) < 4.78 is 0. The Morgan fingerprint density at radius 1 is 1.32 bits per heavy atom. The van der Waals surface area contributed by atoms with Gasteiger partial charge in [-0.1, -0.05) is 23.2 Å². The van der Waals surface area contributed by atoms with Crippen LogP contribution < -0.4 is 0 Å². The Morgan fingerprint density at radius 2 is 1.89 bits per heavy atom. The molecule has 0 radical (unpaired) electrons. The van der Waals surface area contributed by atoms with Gasteiger partial charge in [0.2, 0.25) is 0 Å². The maximum absolute atomic E-state index is 12.4. The number of hydrogen-bond acceptors (Lipinski definition) is 4. The Kier molecular flexibility index (Phi) is 4.70. The smallest absolute Gasteiger partial charge is 0.323 e. The molecule has 0 saturated heterocycles. The molecule has 0 aromatic carbocycles. The molecule has 0 fully saturated rings. The fourth-order valence-corrected chi connectivity index (χ4v) is 1.72. The van der Waals surface area contributed by atoms with E-state index >= 15 is 0 Å². The van der Waals surface area contributed by atoms with Crippen LogP contribution in [0, 0.1) is 0 Å². The van der Waals surface area contributed by atoms with Crippen LogP contribution in [0.25, 0.3) is 0 Å². The van der Waals surface area contributed by atoms with Crippen molar-refractivity contribution in [3.63, 3.8) is 0 Å². The van der Waals surface area contributed by atoms with Crippen molar-refractivity contribution in [2.24, 2.45) is 0 Å². The molecule has 0 saturated carbocycles. The van der Waals surface area contributed by atoms with Crippen molar-refractivity contribution in [2.75, 3.05) is 6.54 Å². The molecule has 1 heterocycles. The Hall–Kier alpha value is -1.40. The second-order valence-electron chi connectivity index (χ2n) is 4.83. The van der Waals surface area contributed by atoms with Crippen LogP contribution in [0.15, 0.2) is 6.07 Å². The van der Waals surface area contributed by atoms with Crippen LogP contribution in [0.5, 0.6) is 0 Å². The molecule has 0 aliphatic rings. The lowest BCUT2D eigenvalue weighted by atomic mass is 10.0. The number of carbonyl (C=O) groups is 2. The number of carboxylic acid groups (broad SMARTS) is 1. The van der Waals surface area contributed by atoms with Crippen molar-refractivity contribution in [3.05, 3.63) is 21.9 Å². The highest BCUT2D eigenvalue weighted by Gasteiger charge is 2.31. The first kappa shape index (κ1) is 15.7. The summed E-state index contributed by atoms with van der Waals surface area (Å²) in [6.07, 6.45) is 0. The highest BCUT2D eigenvalue weighted by atomic mass is 35.5. The van der Waals surface area contributed by atoms with Gasteiger partial charge in [0.25, 0.3) is 5.91 Å². The molecule has 0 atom stereocenters. The van der Waals surface area contributed by atoms with Gasteiger partial charge in [0.15, 0.2) is 10.3 Å². The van der Waals surface area contributed by atoms with Gasteiger partial charge in [0.1, 0.15) is 6.54 Å². The predicted octanol–water partition coefficient (Wildman–Crippen LogP) is 2.11. The lowest BCUT2D eigenvalue weighted by Gasteiger charge is -2.34. The Morgan fingerprint density at radius 3 is 2.37 bits per heavy atom. The third kappa shape index (κ3) is 4.04. The average molecular weight is 306 g/mol. The van der Waals surface area contributed by atoms with E-state index in [-0.39, 0.29) is 15.9 Å². The normalized spacial score (nSPS) is 11.2. The molecule has 19 heavy (non-hydrogen) atoms. The van der Waals surface area contributed by atoms with E-state index in [1.54, 1.807) is 20.8 Å². The number of rotatable bonds is 3. The van der Waals surface area contributed by atoms with Gasteiger partial charge in [-0.15, -0.1) is 10.2 Å². The van der Waals surface area contributed by atoms with Crippen molar-refractivity contribution in [1.82, 2.24) is 15.1 Å². The standard InChI is InChI=1S/C11H13Cl2N3O3/c1-11(2,3)16(5-8(17)18)10(19)6-4-7(12)14-15-9(6)13/h4H,5H2,1-3H3,(H,17,18). The molecule has 0 unspecified atom stereocenters. The van der Waals surface area contributed by atoms with Crippen LogP contribution in [0.4, 0.5) is 0 Å². The molecule has 0 bridgehead atoms. The van der Waals surface area contributed by atoms with Crippen LogP contribution in [0.2, 0.25) is 10.3 Å². The fraction of sp³-hybridized carbons (Fsp3) is 0.455. The number of carbonyl (C=O) groups excluding carboxylic acids is 1. The summed E-state index contributed by atoms with van der Waals surface area (Å²) >= 11 is 11.5. The lowest BCUT2D eigenvalue weighted by Crippen LogP contribution is -2.48. The molecule has 1 aromatic heterocycles. The minimum absolute atomic E-state index is 0.0111. The van der Waals surface area contributed by atoms with Gasteiger partial charge < -0.3 is 10.0 Å². The molecule has 0 aliphatic heterocycles. The first-order valence-electron chi connectivity index (χ1n) is 5.35. The number of aliphatic carboxylic acids is 1. The van der Waals surface area contributed by atoms with E-state index < -0.39 is 24.0 Å². The number of halogens is 2. The average Bonchev–Trinajstić information content (AvgIpc) is 2.26. The van der Waals surface area contributed by atoms with Gasteiger partial charge in [0.05, 0.1) is 5.56 Å². The highest BCUT2D eigenvalue weighted by molar-refractivity contribution is 6.34. The number of carboxylic acids is 1. The molecular formula is C11H13Cl2N3O3. The first-order valence-corrected chi connectivity index (χ1v) is 6.11. The molecule has 0 aliphatic carbocycles. The van der Waals surface area contributed by atoms with Gasteiger partial charge in [-0.25, -0.2) is 0 Å². The Labute approximate surface area is 120 Å². The quantitative estimate of drug-likeness (QED) is 0.924. The van der Waals surface area contributed by atoms with Crippen LogP contribution in [0.1, 0.15) is 31.1 Å². The van der Waals surface area contributed by atoms with Gasteiger partial charge >= 0.3 is 5.97 Å². The van der Waals surface area contributed by atoms with E-state index in [1.807, 2.05) is 0 Å². The minimum atomic E-state index is -1.12. The summed E-state index contributed by atoms with van der Waals surface area (Å²) in [4.78, 5) is 24.4. The van der Waals surface area contributed by atoms with Crippen molar-refractivity contribution in [3.8, 4) is 0 Å². The molecule has 1 amide bonds. The van der Waals surface area contributed by atoms with E-state index in [4.69, 9.17) is 28.3 Å². The molecule has 0 spiro atoms. The summed E-state index contributed by atoms with van der Waals surface area (Å²) in [6, 6.07) is 1.26. The van der Waals surface area contributed by atoms with Crippen LogP contribution >= 0.6 is 23.2 Å². The SMILES string of the molecule is CC(C)(C)N(CC(=O)O)C(=O)c1cc(Cl)nnc1Cl. The van der Waals surface area contributed by atoms with Crippen molar-refractivity contribution < 1.29 is 14.7 Å². The van der Waals surface area contributed by atoms with E-state index in [9.17, 15) is 9.59 Å². The summed E-state index contributed by atoms with van der Waals surface area (Å²) in [5.41, 5.74) is -0.660. The van der Waals surface area contributed by atoms with Crippen molar-refractivity contribution >= 4 is 35.1 Å². The van der Waals surface area contributed by atoms with Crippen LogP contribution in [-0.2, 0) is 4.79 Å². The lowest BCUT2D eigenvalue weighted by molar-refractivity contribution is -0.138. The summed E-state index contributed by atoms with van der Waals surface area (Å²) in [6.45, 7) is 4.71. The number of hydrogen-bond donors (Lipinski definition) is 1. The second-order valence-corrected chi connectivity index (χ2v) is 5.57. The van der Waals surface area contributed by atoms with Crippen LogP contribution in [-0.4, -0.2) is 44.2 Å². The summed E-state index contributed by atoms with van der Waals surface area (Å²) in [7, 11) is 0. The summed E-state index contributed by atoms with van der Waals surface area (Å²) in [5.74, 6) is -1.68. The third-order valence-electron chi connectivity index (χ3n) is 2.30. The number of amides is 1. The van der Waals surface area contributed by atoms with Crippen molar-refractivity contribution in [1.29, 1.82) is 0 Å². The van der Waals surface area contributed by atoms with Crippen molar-refractivity contribution in [2.45, 2.75) is 26.3 Å². The second kappa shape index (κ2) is 5.71. The van der Waals surface area contributed by atoms with Crippen LogP contribution in [0.3, 0.4) is 0 Å². The minimum Gasteiger partial charge on any atom is -0.480 e. The summed E-state index contributed by atoms with van der Waals surface area (Å²) in [5, 5.41) is 15.8. The van der Waals surface area contributed by atoms with E-state index in [2.05, 4.69) is 10.2 Å². The Bertz CT molecular complexity index is 514. The maximum Gasteiger partial charge on any atom is 0.323 e. The van der Waals surface area contributed by atoms with Gasteiger partial charge in [-0.2, -0.15) is 0 Å². The van der Waals surface area contributed by atoms with E-state index in [0.29, 0.717) is 0 Å². The predicted molar refractivity (Wildman–Crippen MR) is 70.5 cm³/mol. The van der Waals surface area contributed by atoms with Gasteiger partial charge in [-0.05, 0) is 26.8 Å². The fourth-order valence-electron chi connectivity index (χ4n) is 1.40. The molecule has 1 rings (SSSR count). The van der Waals surface area contributed by atoms with Gasteiger partial charge in [0, 0.05) is 5.54 Å². The maximum atomic E-state index is 12.4. The zero-order chi connectivity index (χ0) is 14.8. The highest BCUT2D eigenvalue weighted by Crippen LogP contribution is 2.22. The molecule has 104 valence electrons. The third-order valence-corrected chi connectivity index (χ3v) is 2.76. The van der Waals surface area contributed by atoms with E-state index in [1.165, 1.54) is 11.0 Å². The van der Waals surface area contributed by atoms with Gasteiger partial charge in [-0.3, -0.25) is 9.59 Å². The molecule has 8 heteroatoms. The topological polar surface area (TPSA) is 83.4 Å². The zero-order valence-electron chi connectivity index (χ0n) is 10.6. The van der Waals surface area contributed by atoms with E-state index in [0.717, 1.165) is 0 Å². The zero-order valence-corrected chi connectivity index (χ0v) is 12.2. The number of aromatic nitrogens is 2. The monoisotopic (exact) mass is 305 g/mol. The Balaban J connectivity index is 3.19. The largest absolute Gasteiger partial charge is 0.480 e. The first-order chi connectivity index (χ1) is 8.62. The molecular weight excluding hydrogens is 293 g/mol. The molecule has 1 N–H and O–H groups in total. The molecule has 6 nitrogen and oxygen atoms in total.